The van der Waals surface area contributed by atoms with Crippen LogP contribution in [0.2, 0.25) is 0 Å². The van der Waals surface area contributed by atoms with Crippen molar-refractivity contribution < 1.29 is 19.3 Å². The molecule has 3 rings (SSSR count). The summed E-state index contributed by atoms with van der Waals surface area (Å²) in [6.07, 6.45) is 1.60. The molecule has 9 heteroatoms. The number of hydrogen-bond acceptors (Lipinski definition) is 5. The number of amides is 3. The third-order valence-corrected chi connectivity index (χ3v) is 5.21. The van der Waals surface area contributed by atoms with Gasteiger partial charge in [-0.15, -0.1) is 0 Å². The molecule has 2 aromatic carbocycles. The van der Waals surface area contributed by atoms with Gasteiger partial charge in [-0.05, 0) is 56.2 Å². The van der Waals surface area contributed by atoms with Crippen LogP contribution >= 0.6 is 0 Å². The van der Waals surface area contributed by atoms with Crippen LogP contribution in [0, 0.1) is 17.0 Å². The van der Waals surface area contributed by atoms with Gasteiger partial charge in [0, 0.05) is 41.5 Å². The van der Waals surface area contributed by atoms with Crippen LogP contribution in [0.3, 0.4) is 0 Å². The van der Waals surface area contributed by atoms with Crippen LogP contribution in [-0.2, 0) is 9.59 Å². The van der Waals surface area contributed by atoms with E-state index < -0.39 is 11.0 Å². The molecule has 162 valence electrons. The van der Waals surface area contributed by atoms with Crippen molar-refractivity contribution in [2.75, 3.05) is 17.2 Å². The predicted octanol–water partition coefficient (Wildman–Crippen LogP) is 3.50. The second-order valence-electron chi connectivity index (χ2n) is 7.38. The molecule has 1 fully saturated rings. The van der Waals surface area contributed by atoms with Gasteiger partial charge in [-0.2, -0.15) is 0 Å². The molecule has 0 aliphatic carbocycles. The summed E-state index contributed by atoms with van der Waals surface area (Å²) in [7, 11) is 0. The van der Waals surface area contributed by atoms with Crippen molar-refractivity contribution in [3.8, 4) is 0 Å². The van der Waals surface area contributed by atoms with Crippen LogP contribution in [0.15, 0.2) is 42.5 Å². The zero-order chi connectivity index (χ0) is 22.5. The summed E-state index contributed by atoms with van der Waals surface area (Å²) in [5.41, 5.74) is 1.86. The van der Waals surface area contributed by atoms with E-state index in [0.717, 1.165) is 0 Å². The maximum absolute atomic E-state index is 13.0. The first-order chi connectivity index (χ1) is 14.8. The van der Waals surface area contributed by atoms with E-state index in [1.807, 2.05) is 0 Å². The second-order valence-corrected chi connectivity index (χ2v) is 7.38. The molecule has 0 saturated carbocycles. The van der Waals surface area contributed by atoms with Gasteiger partial charge in [0.05, 0.1) is 4.92 Å². The van der Waals surface area contributed by atoms with Crippen LogP contribution in [0.5, 0.6) is 0 Å². The monoisotopic (exact) mass is 424 g/mol. The highest BCUT2D eigenvalue weighted by molar-refractivity contribution is 6.02. The zero-order valence-electron chi connectivity index (χ0n) is 17.4. The molecule has 31 heavy (non-hydrogen) atoms. The van der Waals surface area contributed by atoms with Gasteiger partial charge in [0.25, 0.3) is 11.6 Å². The summed E-state index contributed by atoms with van der Waals surface area (Å²) in [5.74, 6) is -0.721. The fourth-order valence-corrected chi connectivity index (χ4v) is 3.55. The van der Waals surface area contributed by atoms with E-state index >= 15 is 0 Å². The summed E-state index contributed by atoms with van der Waals surface area (Å²) in [5, 5.41) is 16.6. The number of anilines is 2. The standard InChI is InChI=1S/C22H24N4O5/c1-3-20(27)23-16-7-9-17(10-8-16)24-21(28)19-5-4-12-25(19)22(29)15-6-11-18(26(30)31)14(2)13-15/h6-11,13,19H,3-5,12H2,1-2H3,(H,23,27)(H,24,28). The molecule has 1 unspecified atom stereocenters. The smallest absolute Gasteiger partial charge is 0.272 e. The number of rotatable bonds is 6. The minimum atomic E-state index is -0.623. The van der Waals surface area contributed by atoms with Crippen molar-refractivity contribution in [3.05, 3.63) is 63.7 Å². The van der Waals surface area contributed by atoms with Gasteiger partial charge < -0.3 is 15.5 Å². The lowest BCUT2D eigenvalue weighted by molar-refractivity contribution is -0.385. The molecule has 3 amide bonds. The second kappa shape index (κ2) is 9.38. The number of nitro benzene ring substituents is 1. The Bertz CT molecular complexity index is 1020. The minimum Gasteiger partial charge on any atom is -0.327 e. The van der Waals surface area contributed by atoms with Crippen molar-refractivity contribution in [2.24, 2.45) is 0 Å². The molecule has 2 N–H and O–H groups in total. The number of benzene rings is 2. The van der Waals surface area contributed by atoms with Crippen LogP contribution in [-0.4, -0.2) is 40.1 Å². The van der Waals surface area contributed by atoms with Crippen LogP contribution in [0.4, 0.5) is 17.1 Å². The molecule has 1 aliphatic rings. The average molecular weight is 424 g/mol. The molecule has 9 nitrogen and oxygen atoms in total. The lowest BCUT2D eigenvalue weighted by atomic mass is 10.1. The van der Waals surface area contributed by atoms with E-state index in [9.17, 15) is 24.5 Å². The first-order valence-electron chi connectivity index (χ1n) is 10.1. The van der Waals surface area contributed by atoms with Crippen LogP contribution in [0.1, 0.15) is 42.1 Å². The average Bonchev–Trinajstić information content (AvgIpc) is 3.24. The van der Waals surface area contributed by atoms with Crippen molar-refractivity contribution in [1.29, 1.82) is 0 Å². The van der Waals surface area contributed by atoms with E-state index in [0.29, 0.717) is 48.3 Å². The fourth-order valence-electron chi connectivity index (χ4n) is 3.55. The Labute approximate surface area is 179 Å². The molecule has 0 aromatic heterocycles. The number of aryl methyl sites for hydroxylation is 1. The highest BCUT2D eigenvalue weighted by Gasteiger charge is 2.35. The number of hydrogen-bond donors (Lipinski definition) is 2. The first-order valence-corrected chi connectivity index (χ1v) is 10.1. The minimum absolute atomic E-state index is 0.0501. The van der Waals surface area contributed by atoms with Crippen LogP contribution < -0.4 is 10.6 Å². The van der Waals surface area contributed by atoms with Gasteiger partial charge in [0.2, 0.25) is 11.8 Å². The molecule has 0 bridgehead atoms. The maximum Gasteiger partial charge on any atom is 0.272 e. The number of carbonyl (C=O) groups is 3. The Balaban J connectivity index is 1.69. The summed E-state index contributed by atoms with van der Waals surface area (Å²) in [6, 6.07) is 10.4. The summed E-state index contributed by atoms with van der Waals surface area (Å²) >= 11 is 0. The molecule has 1 aliphatic heterocycles. The Kier molecular flexibility index (Phi) is 6.64. The van der Waals surface area contributed by atoms with Crippen molar-refractivity contribution in [3.63, 3.8) is 0 Å². The van der Waals surface area contributed by atoms with Gasteiger partial charge in [-0.25, -0.2) is 0 Å². The SMILES string of the molecule is CCC(=O)Nc1ccc(NC(=O)C2CCCN2C(=O)c2ccc([N+](=O)[O-])c(C)c2)cc1. The molecule has 1 atom stereocenters. The Morgan fingerprint density at radius 2 is 1.74 bits per heavy atom. The topological polar surface area (TPSA) is 122 Å². The fraction of sp³-hybridized carbons (Fsp3) is 0.318. The van der Waals surface area contributed by atoms with E-state index in [1.54, 1.807) is 38.1 Å². The molecular formula is C22H24N4O5. The number of nitro groups is 1. The van der Waals surface area contributed by atoms with Crippen LogP contribution in [0.25, 0.3) is 0 Å². The predicted molar refractivity (Wildman–Crippen MR) is 116 cm³/mol. The number of nitrogens with one attached hydrogen (secondary N) is 2. The maximum atomic E-state index is 13.0. The van der Waals surface area contributed by atoms with Gasteiger partial charge in [-0.3, -0.25) is 24.5 Å². The molecule has 1 heterocycles. The molecule has 0 spiro atoms. The Morgan fingerprint density at radius 3 is 2.32 bits per heavy atom. The van der Waals surface area contributed by atoms with Crippen molar-refractivity contribution >= 4 is 34.8 Å². The van der Waals surface area contributed by atoms with E-state index in [4.69, 9.17) is 0 Å². The Hall–Kier alpha value is -3.75. The normalized spacial score (nSPS) is 15.4. The van der Waals surface area contributed by atoms with Gasteiger partial charge in [0.15, 0.2) is 0 Å². The third-order valence-electron chi connectivity index (χ3n) is 5.21. The van der Waals surface area contributed by atoms with E-state index in [-0.39, 0.29) is 23.4 Å². The highest BCUT2D eigenvalue weighted by Crippen LogP contribution is 2.25. The lowest BCUT2D eigenvalue weighted by Gasteiger charge is -2.24. The van der Waals surface area contributed by atoms with E-state index in [2.05, 4.69) is 10.6 Å². The zero-order valence-corrected chi connectivity index (χ0v) is 17.4. The molecular weight excluding hydrogens is 400 g/mol. The van der Waals surface area contributed by atoms with Gasteiger partial charge >= 0.3 is 0 Å². The summed E-state index contributed by atoms with van der Waals surface area (Å²) in [6.45, 7) is 3.78. The van der Waals surface area contributed by atoms with Gasteiger partial charge in [0.1, 0.15) is 6.04 Å². The number of nitrogens with zero attached hydrogens (tertiary/aromatic N) is 2. The largest absolute Gasteiger partial charge is 0.327 e. The van der Waals surface area contributed by atoms with Crippen molar-refractivity contribution in [2.45, 2.75) is 39.2 Å². The number of likely N-dealkylation sites (tertiary alicyclic amines) is 1. The Morgan fingerprint density at radius 1 is 1.10 bits per heavy atom. The molecule has 0 radical (unpaired) electrons. The quantitative estimate of drug-likeness (QED) is 0.543. The molecule has 1 saturated heterocycles. The first kappa shape index (κ1) is 21.9. The van der Waals surface area contributed by atoms with Crippen molar-refractivity contribution in [1.82, 2.24) is 4.90 Å². The third kappa shape index (κ3) is 5.06. The number of carbonyl (C=O) groups excluding carboxylic acids is 3. The summed E-state index contributed by atoms with van der Waals surface area (Å²) in [4.78, 5) is 49.2. The highest BCUT2D eigenvalue weighted by atomic mass is 16.6. The molecule has 2 aromatic rings. The lowest BCUT2D eigenvalue weighted by Crippen LogP contribution is -2.43. The summed E-state index contributed by atoms with van der Waals surface area (Å²) < 4.78 is 0. The van der Waals surface area contributed by atoms with Gasteiger partial charge in [-0.1, -0.05) is 6.92 Å². The van der Waals surface area contributed by atoms with E-state index in [1.165, 1.54) is 23.1 Å².